The summed E-state index contributed by atoms with van der Waals surface area (Å²) in [5.41, 5.74) is 1.38. The Morgan fingerprint density at radius 1 is 1.26 bits per heavy atom. The summed E-state index contributed by atoms with van der Waals surface area (Å²) >= 11 is 1.89. The van der Waals surface area contributed by atoms with Gasteiger partial charge in [-0.2, -0.15) is 0 Å². The second-order valence-electron chi connectivity index (χ2n) is 4.61. The molecule has 1 nitrogen and oxygen atoms in total. The first-order valence-corrected chi connectivity index (χ1v) is 8.20. The minimum atomic E-state index is 0.439. The Balaban J connectivity index is 2.64. The van der Waals surface area contributed by atoms with Crippen molar-refractivity contribution in [3.63, 3.8) is 0 Å². The molecule has 1 N–H and O–H groups in total. The van der Waals surface area contributed by atoms with Gasteiger partial charge in [0, 0.05) is 17.4 Å². The van der Waals surface area contributed by atoms with Crippen molar-refractivity contribution in [2.45, 2.75) is 50.5 Å². The van der Waals surface area contributed by atoms with Gasteiger partial charge in [-0.3, -0.25) is 0 Å². The third-order valence-electron chi connectivity index (χ3n) is 3.05. The lowest BCUT2D eigenvalue weighted by atomic mass is 10.0. The fourth-order valence-electron chi connectivity index (χ4n) is 2.08. The van der Waals surface area contributed by atoms with Crippen molar-refractivity contribution in [3.8, 4) is 12.3 Å². The molecule has 19 heavy (non-hydrogen) atoms. The van der Waals surface area contributed by atoms with Gasteiger partial charge in [0.15, 0.2) is 0 Å². The maximum atomic E-state index is 5.33. The highest BCUT2D eigenvalue weighted by molar-refractivity contribution is 7.99. The van der Waals surface area contributed by atoms with Gasteiger partial charge in [0.1, 0.15) is 0 Å². The van der Waals surface area contributed by atoms with E-state index in [0.717, 1.165) is 38.0 Å². The van der Waals surface area contributed by atoms with E-state index in [1.165, 1.54) is 10.5 Å². The largest absolute Gasteiger partial charge is 0.310 e. The van der Waals surface area contributed by atoms with Crippen molar-refractivity contribution in [2.24, 2.45) is 0 Å². The molecule has 0 saturated heterocycles. The molecule has 0 amide bonds. The van der Waals surface area contributed by atoms with E-state index >= 15 is 0 Å². The summed E-state index contributed by atoms with van der Waals surface area (Å²) in [5, 5.41) is 3.62. The van der Waals surface area contributed by atoms with Crippen LogP contribution in [0.25, 0.3) is 0 Å². The molecule has 0 fully saturated rings. The van der Waals surface area contributed by atoms with Crippen molar-refractivity contribution >= 4 is 11.8 Å². The van der Waals surface area contributed by atoms with Gasteiger partial charge >= 0.3 is 0 Å². The summed E-state index contributed by atoms with van der Waals surface area (Å²) in [5.74, 6) is 3.85. The van der Waals surface area contributed by atoms with Crippen LogP contribution in [0.4, 0.5) is 0 Å². The van der Waals surface area contributed by atoms with E-state index in [0.29, 0.717) is 6.04 Å². The van der Waals surface area contributed by atoms with Crippen LogP contribution in [0.2, 0.25) is 0 Å². The molecular weight excluding hydrogens is 250 g/mol. The molecule has 0 spiro atoms. The number of rotatable bonds is 9. The normalized spacial score (nSPS) is 12.1. The fourth-order valence-corrected chi connectivity index (χ4v) is 2.74. The van der Waals surface area contributed by atoms with Crippen LogP contribution in [-0.4, -0.2) is 12.3 Å². The average Bonchev–Trinajstić information content (AvgIpc) is 2.44. The molecule has 0 radical (unpaired) electrons. The van der Waals surface area contributed by atoms with Gasteiger partial charge < -0.3 is 5.32 Å². The number of benzene rings is 1. The third-order valence-corrected chi connectivity index (χ3v) is 3.94. The van der Waals surface area contributed by atoms with Gasteiger partial charge in [0.05, 0.1) is 0 Å². The smallest absolute Gasteiger partial charge is 0.0320 e. The molecule has 0 aliphatic rings. The highest BCUT2D eigenvalue weighted by Crippen LogP contribution is 2.23. The van der Waals surface area contributed by atoms with Crippen LogP contribution < -0.4 is 5.32 Å². The van der Waals surface area contributed by atoms with Gasteiger partial charge in [-0.1, -0.05) is 26.0 Å². The summed E-state index contributed by atoms with van der Waals surface area (Å²) in [6.45, 7) is 5.45. The second kappa shape index (κ2) is 9.95. The van der Waals surface area contributed by atoms with Crippen LogP contribution in [0.3, 0.4) is 0 Å². The van der Waals surface area contributed by atoms with E-state index in [2.05, 4.69) is 49.4 Å². The predicted molar refractivity (Wildman–Crippen MR) is 86.6 cm³/mol. The van der Waals surface area contributed by atoms with Crippen LogP contribution in [-0.2, 0) is 0 Å². The van der Waals surface area contributed by atoms with E-state index in [4.69, 9.17) is 6.42 Å². The molecule has 0 saturated carbocycles. The molecule has 1 atom stereocenters. The Bertz CT molecular complexity index is 377. The topological polar surface area (TPSA) is 12.0 Å². The SMILES string of the molecule is C#CCCCC(NCCC)c1ccc(SCC)cc1. The maximum absolute atomic E-state index is 5.33. The lowest BCUT2D eigenvalue weighted by Crippen LogP contribution is -2.22. The molecule has 0 aliphatic carbocycles. The number of terminal acetylenes is 1. The Hall–Kier alpha value is -0.910. The van der Waals surface area contributed by atoms with E-state index in [-0.39, 0.29) is 0 Å². The molecule has 104 valence electrons. The number of hydrogen-bond donors (Lipinski definition) is 1. The molecule has 0 aromatic heterocycles. The lowest BCUT2D eigenvalue weighted by molar-refractivity contribution is 0.487. The lowest BCUT2D eigenvalue weighted by Gasteiger charge is -2.19. The van der Waals surface area contributed by atoms with Crippen LogP contribution in [0.15, 0.2) is 29.2 Å². The molecule has 0 aliphatic heterocycles. The molecule has 1 aromatic rings. The summed E-state index contributed by atoms with van der Waals surface area (Å²) in [7, 11) is 0. The number of nitrogens with one attached hydrogen (secondary N) is 1. The maximum Gasteiger partial charge on any atom is 0.0320 e. The first-order valence-electron chi connectivity index (χ1n) is 7.21. The van der Waals surface area contributed by atoms with E-state index in [1.54, 1.807) is 0 Å². The molecule has 2 heteroatoms. The van der Waals surface area contributed by atoms with Gasteiger partial charge in [-0.15, -0.1) is 24.1 Å². The quantitative estimate of drug-likeness (QED) is 0.400. The Morgan fingerprint density at radius 2 is 2.00 bits per heavy atom. The van der Waals surface area contributed by atoms with Crippen molar-refractivity contribution in [1.29, 1.82) is 0 Å². The molecule has 0 bridgehead atoms. The Kier molecular flexibility index (Phi) is 8.45. The van der Waals surface area contributed by atoms with Gasteiger partial charge in [0.25, 0.3) is 0 Å². The third kappa shape index (κ3) is 6.18. The Labute approximate surface area is 122 Å². The number of hydrogen-bond acceptors (Lipinski definition) is 2. The number of thioether (sulfide) groups is 1. The molecule has 1 aromatic carbocycles. The summed E-state index contributed by atoms with van der Waals surface area (Å²) in [6.07, 6.45) is 9.57. The van der Waals surface area contributed by atoms with Crippen molar-refractivity contribution < 1.29 is 0 Å². The zero-order valence-corrected chi connectivity index (χ0v) is 12.9. The van der Waals surface area contributed by atoms with E-state index < -0.39 is 0 Å². The van der Waals surface area contributed by atoms with Gasteiger partial charge in [0.2, 0.25) is 0 Å². The summed E-state index contributed by atoms with van der Waals surface area (Å²) in [6, 6.07) is 9.40. The predicted octanol–water partition coefficient (Wildman–Crippen LogP) is 4.64. The van der Waals surface area contributed by atoms with Crippen LogP contribution in [0, 0.1) is 12.3 Å². The van der Waals surface area contributed by atoms with Crippen molar-refractivity contribution in [2.75, 3.05) is 12.3 Å². The Morgan fingerprint density at radius 3 is 2.58 bits per heavy atom. The summed E-state index contributed by atoms with van der Waals surface area (Å²) < 4.78 is 0. The molecule has 0 heterocycles. The highest BCUT2D eigenvalue weighted by atomic mass is 32.2. The minimum absolute atomic E-state index is 0.439. The minimum Gasteiger partial charge on any atom is -0.310 e. The van der Waals surface area contributed by atoms with Gasteiger partial charge in [-0.25, -0.2) is 0 Å². The van der Waals surface area contributed by atoms with E-state index in [1.807, 2.05) is 11.8 Å². The summed E-state index contributed by atoms with van der Waals surface area (Å²) in [4.78, 5) is 1.35. The monoisotopic (exact) mass is 275 g/mol. The van der Waals surface area contributed by atoms with E-state index in [9.17, 15) is 0 Å². The molecule has 1 rings (SSSR count). The molecule has 1 unspecified atom stereocenters. The standard InChI is InChI=1S/C17H25NS/c1-4-7-8-9-17(18-14-5-2)15-10-12-16(13-11-15)19-6-3/h1,10-13,17-18H,5-9,14H2,2-3H3. The second-order valence-corrected chi connectivity index (χ2v) is 5.94. The highest BCUT2D eigenvalue weighted by Gasteiger charge is 2.09. The van der Waals surface area contributed by atoms with Crippen molar-refractivity contribution in [1.82, 2.24) is 5.32 Å². The fraction of sp³-hybridized carbons (Fsp3) is 0.529. The van der Waals surface area contributed by atoms with Crippen LogP contribution in [0.5, 0.6) is 0 Å². The van der Waals surface area contributed by atoms with Crippen LogP contribution in [0.1, 0.15) is 51.1 Å². The first-order chi connectivity index (χ1) is 9.31. The zero-order valence-electron chi connectivity index (χ0n) is 12.1. The van der Waals surface area contributed by atoms with Crippen molar-refractivity contribution in [3.05, 3.63) is 29.8 Å². The number of unbranched alkanes of at least 4 members (excludes halogenated alkanes) is 1. The van der Waals surface area contributed by atoms with Crippen LogP contribution >= 0.6 is 11.8 Å². The average molecular weight is 275 g/mol. The first kappa shape index (κ1) is 16.1. The van der Waals surface area contributed by atoms with Gasteiger partial charge in [-0.05, 0) is 49.3 Å². The zero-order chi connectivity index (χ0) is 13.9. The molecular formula is C17H25NS.